The van der Waals surface area contributed by atoms with Crippen molar-refractivity contribution in [2.75, 3.05) is 13.2 Å². The van der Waals surface area contributed by atoms with Gasteiger partial charge in [0.15, 0.2) is 0 Å². The van der Waals surface area contributed by atoms with Crippen LogP contribution in [0.15, 0.2) is 152 Å². The molecular weight excluding hydrogens is 763 g/mol. The molecule has 4 aromatic heterocycles. The Morgan fingerprint density at radius 2 is 0.806 bits per heavy atom. The van der Waals surface area contributed by atoms with Crippen LogP contribution in [0.2, 0.25) is 0 Å². The second-order valence-electron chi connectivity index (χ2n) is 15.9. The predicted molar refractivity (Wildman–Crippen MR) is 254 cm³/mol. The summed E-state index contributed by atoms with van der Waals surface area (Å²) < 4.78 is 0. The van der Waals surface area contributed by atoms with Crippen molar-refractivity contribution in [3.8, 4) is 67.2 Å². The number of H-pyrrole nitrogens is 2. The van der Waals surface area contributed by atoms with E-state index in [1.165, 1.54) is 0 Å². The van der Waals surface area contributed by atoms with E-state index in [4.69, 9.17) is 15.0 Å². The zero-order valence-electron chi connectivity index (χ0n) is 34.5. The summed E-state index contributed by atoms with van der Waals surface area (Å²) in [5, 5.41) is 19.6. The summed E-state index contributed by atoms with van der Waals surface area (Å²) >= 11 is 0. The van der Waals surface area contributed by atoms with E-state index in [-0.39, 0.29) is 13.2 Å². The molecule has 62 heavy (non-hydrogen) atoms. The third-order valence-electron chi connectivity index (χ3n) is 11.9. The van der Waals surface area contributed by atoms with Crippen molar-refractivity contribution in [3.63, 3.8) is 0 Å². The van der Waals surface area contributed by atoms with Crippen LogP contribution in [-0.2, 0) is 12.8 Å². The lowest BCUT2D eigenvalue weighted by Crippen LogP contribution is -2.03. The number of aliphatic hydroxyl groups is 2. The van der Waals surface area contributed by atoms with Crippen molar-refractivity contribution in [2.24, 2.45) is 0 Å². The first-order chi connectivity index (χ1) is 30.7. The Bertz CT molecular complexity index is 2880. The summed E-state index contributed by atoms with van der Waals surface area (Å²) in [6.45, 7) is 0.279. The number of rotatable bonds is 12. The van der Waals surface area contributed by atoms with Gasteiger partial charge in [-0.3, -0.25) is 4.98 Å². The number of nitrogens with one attached hydrogen (secondary N) is 2. The topological polar surface area (TPSA) is 111 Å². The van der Waals surface area contributed by atoms with Crippen LogP contribution in [0.4, 0.5) is 0 Å². The van der Waals surface area contributed by atoms with Crippen LogP contribution in [0.25, 0.3) is 101 Å². The van der Waals surface area contributed by atoms with Gasteiger partial charge in [-0.1, -0.05) is 121 Å². The van der Waals surface area contributed by atoms with Gasteiger partial charge in [-0.15, -0.1) is 0 Å². The van der Waals surface area contributed by atoms with Crippen molar-refractivity contribution in [3.05, 3.63) is 174 Å². The Labute approximate surface area is 361 Å². The van der Waals surface area contributed by atoms with Crippen LogP contribution in [0, 0.1) is 0 Å². The van der Waals surface area contributed by atoms with Crippen LogP contribution in [0.3, 0.4) is 0 Å². The highest BCUT2D eigenvalue weighted by Crippen LogP contribution is 2.47. The molecule has 0 saturated carbocycles. The van der Waals surface area contributed by atoms with Crippen molar-refractivity contribution in [1.82, 2.24) is 24.9 Å². The van der Waals surface area contributed by atoms with Gasteiger partial charge in [0, 0.05) is 68.8 Å². The van der Waals surface area contributed by atoms with Crippen LogP contribution in [0.1, 0.15) is 48.3 Å². The third kappa shape index (κ3) is 7.46. The third-order valence-corrected chi connectivity index (χ3v) is 11.9. The number of aliphatic hydroxyl groups excluding tert-OH is 2. The SMILES string of the molecule is OCCCCc1cc2c(nc1CCCCO)-c1nc-2c(-c2ccccc2)c2ccc([nH]2)c(-c2ccccc2)c2nc(c(-c3ccccc3)c3ccc([nH]3)c1-c1ccccc1)C=C2. The van der Waals surface area contributed by atoms with Gasteiger partial charge >= 0.3 is 0 Å². The summed E-state index contributed by atoms with van der Waals surface area (Å²) in [5.41, 5.74) is 19.1. The van der Waals surface area contributed by atoms with Gasteiger partial charge in [0.05, 0.1) is 28.5 Å². The number of aryl methyl sites for hydroxylation is 2. The van der Waals surface area contributed by atoms with Crippen LogP contribution in [0.5, 0.6) is 0 Å². The maximum atomic E-state index is 9.80. The van der Waals surface area contributed by atoms with E-state index in [9.17, 15) is 10.2 Å². The minimum Gasteiger partial charge on any atom is -0.396 e. The minimum absolute atomic E-state index is 0.136. The summed E-state index contributed by atoms with van der Waals surface area (Å²) in [7, 11) is 0. The molecule has 10 rings (SSSR count). The number of fused-ring (bicyclic) bond motifs is 11. The Kier molecular flexibility index (Phi) is 11.0. The molecule has 0 atom stereocenters. The van der Waals surface area contributed by atoms with Crippen LogP contribution < -0.4 is 0 Å². The van der Waals surface area contributed by atoms with Gasteiger partial charge in [-0.2, -0.15) is 0 Å². The van der Waals surface area contributed by atoms with E-state index >= 15 is 0 Å². The number of hydrogen-bond donors (Lipinski definition) is 4. The first-order valence-corrected chi connectivity index (χ1v) is 21.6. The molecule has 4 N–H and O–H groups in total. The fourth-order valence-corrected chi connectivity index (χ4v) is 8.96. The normalized spacial score (nSPS) is 11.8. The molecule has 0 saturated heterocycles. The van der Waals surface area contributed by atoms with Crippen LogP contribution >= 0.6 is 0 Å². The highest BCUT2D eigenvalue weighted by atomic mass is 16.3. The lowest BCUT2D eigenvalue weighted by Gasteiger charge is -2.14. The second-order valence-corrected chi connectivity index (χ2v) is 15.9. The zero-order chi connectivity index (χ0) is 41.8. The zero-order valence-corrected chi connectivity index (χ0v) is 34.5. The number of aromatic nitrogens is 5. The second kappa shape index (κ2) is 17.4. The minimum atomic E-state index is 0.136. The summed E-state index contributed by atoms with van der Waals surface area (Å²) in [5.74, 6) is 0. The summed E-state index contributed by atoms with van der Waals surface area (Å²) in [4.78, 5) is 24.6. The predicted octanol–water partition coefficient (Wildman–Crippen LogP) is 12.5. The standard InChI is InChI=1S/C55H47N5O2/c61-33-15-13-25-40-35-41-53-51(38-21-9-3-10-22-38)47-31-29-45(57-47)49(36-17-5-1-6-18-36)43-27-28-44(56-43)50(37-19-7-2-8-20-37)46-30-32-48(58-46)52(39-23-11-4-12-24-39)55(60-53)54(41)59-42(40)26-14-16-34-62/h1-12,17-24,27-32,35,57-58,61-62H,13-16,25-26,33-34H2. The van der Waals surface area contributed by atoms with E-state index in [0.29, 0.717) is 12.8 Å². The molecule has 4 aromatic carbocycles. The fourth-order valence-electron chi connectivity index (χ4n) is 8.96. The number of pyridine rings is 1. The van der Waals surface area contributed by atoms with Gasteiger partial charge in [-0.25, -0.2) is 9.97 Å². The first kappa shape index (κ1) is 39.0. The molecule has 2 aliphatic rings. The molecule has 0 fully saturated rings. The van der Waals surface area contributed by atoms with E-state index in [1.54, 1.807) is 0 Å². The Morgan fingerprint density at radius 3 is 1.27 bits per heavy atom. The molecule has 7 nitrogen and oxygen atoms in total. The molecule has 8 bridgehead atoms. The average molecular weight is 810 g/mol. The Hall–Kier alpha value is -7.19. The number of unbranched alkanes of at least 4 members (excludes halogenated alkanes) is 2. The van der Waals surface area contributed by atoms with Crippen LogP contribution in [-0.4, -0.2) is 48.3 Å². The summed E-state index contributed by atoms with van der Waals surface area (Å²) in [6.07, 6.45) is 8.83. The first-order valence-electron chi connectivity index (χ1n) is 21.6. The summed E-state index contributed by atoms with van der Waals surface area (Å²) in [6, 6.07) is 52.9. The number of aromatic amines is 2. The smallest absolute Gasteiger partial charge is 0.1000 e. The van der Waals surface area contributed by atoms with Gasteiger partial charge < -0.3 is 20.2 Å². The molecule has 304 valence electrons. The highest BCUT2D eigenvalue weighted by molar-refractivity contribution is 6.04. The molecular formula is C55H47N5O2. The quantitative estimate of drug-likeness (QED) is 0.0919. The van der Waals surface area contributed by atoms with Crippen molar-refractivity contribution >= 4 is 34.2 Å². The van der Waals surface area contributed by atoms with Gasteiger partial charge in [0.25, 0.3) is 0 Å². The Morgan fingerprint density at radius 1 is 0.387 bits per heavy atom. The molecule has 0 amide bonds. The lowest BCUT2D eigenvalue weighted by molar-refractivity contribution is 0.283. The molecule has 0 aliphatic carbocycles. The maximum Gasteiger partial charge on any atom is 0.1000 e. The molecule has 6 heterocycles. The van der Waals surface area contributed by atoms with Crippen molar-refractivity contribution in [2.45, 2.75) is 38.5 Å². The maximum absolute atomic E-state index is 9.80. The fraction of sp³-hybridized carbons (Fsp3) is 0.145. The molecule has 0 unspecified atom stereocenters. The van der Waals surface area contributed by atoms with E-state index < -0.39 is 0 Å². The average Bonchev–Trinajstić information content (AvgIpc) is 4.16. The van der Waals surface area contributed by atoms with E-state index in [1.807, 2.05) is 24.3 Å². The Balaban J connectivity index is 1.41. The molecule has 8 aromatic rings. The van der Waals surface area contributed by atoms with Gasteiger partial charge in [0.1, 0.15) is 0 Å². The highest BCUT2D eigenvalue weighted by Gasteiger charge is 2.28. The molecule has 7 heteroatoms. The monoisotopic (exact) mass is 809 g/mol. The number of benzene rings is 4. The van der Waals surface area contributed by atoms with Gasteiger partial charge in [-0.05, 0) is 109 Å². The van der Waals surface area contributed by atoms with Gasteiger partial charge in [0.2, 0.25) is 0 Å². The molecule has 2 aliphatic heterocycles. The number of hydrogen-bond acceptors (Lipinski definition) is 5. The number of nitrogens with zero attached hydrogens (tertiary/aromatic N) is 3. The van der Waals surface area contributed by atoms with Crippen molar-refractivity contribution in [1.29, 1.82) is 0 Å². The van der Waals surface area contributed by atoms with Crippen molar-refractivity contribution < 1.29 is 10.2 Å². The van der Waals surface area contributed by atoms with E-state index in [0.717, 1.165) is 138 Å². The molecule has 0 radical (unpaired) electrons. The largest absolute Gasteiger partial charge is 0.396 e. The molecule has 0 spiro atoms. The lowest BCUT2D eigenvalue weighted by atomic mass is 9.94. The van der Waals surface area contributed by atoms with E-state index in [2.05, 4.69) is 150 Å².